The molecule has 0 amide bonds. The number of nitrogens with zero attached hydrogens (tertiary/aromatic N) is 3. The number of nitrogens with one attached hydrogen (secondary N) is 1. The molecule has 96 valence electrons. The van der Waals surface area contributed by atoms with E-state index in [9.17, 15) is 0 Å². The topological polar surface area (TPSA) is 33.1 Å². The molecule has 0 radical (unpaired) electrons. The molecule has 2 rings (SSSR count). The maximum Gasteiger partial charge on any atom is 0.0739 e. The molecule has 0 bridgehead atoms. The number of halogens is 1. The SMILES string of the molecule is CCn1nc(C)c(Br)c1CNC1CCN(C)C1. The lowest BCUT2D eigenvalue weighted by molar-refractivity contribution is 0.396. The van der Waals surface area contributed by atoms with Crippen LogP contribution in [0.15, 0.2) is 4.47 Å². The van der Waals surface area contributed by atoms with Gasteiger partial charge < -0.3 is 10.2 Å². The van der Waals surface area contributed by atoms with E-state index >= 15 is 0 Å². The highest BCUT2D eigenvalue weighted by molar-refractivity contribution is 9.10. The van der Waals surface area contributed by atoms with Gasteiger partial charge in [0.25, 0.3) is 0 Å². The Morgan fingerprint density at radius 1 is 1.53 bits per heavy atom. The first-order valence-corrected chi connectivity index (χ1v) is 7.04. The van der Waals surface area contributed by atoms with Crippen LogP contribution >= 0.6 is 15.9 Å². The van der Waals surface area contributed by atoms with E-state index in [1.807, 2.05) is 6.92 Å². The summed E-state index contributed by atoms with van der Waals surface area (Å²) in [5.74, 6) is 0. The van der Waals surface area contributed by atoms with Crippen molar-refractivity contribution in [2.24, 2.45) is 0 Å². The summed E-state index contributed by atoms with van der Waals surface area (Å²) >= 11 is 3.63. The zero-order valence-corrected chi connectivity index (χ0v) is 12.4. The van der Waals surface area contributed by atoms with Crippen molar-refractivity contribution in [2.45, 2.75) is 39.4 Å². The number of hydrogen-bond donors (Lipinski definition) is 1. The molecular weight excluding hydrogens is 280 g/mol. The number of aromatic nitrogens is 2. The molecule has 0 aromatic carbocycles. The van der Waals surface area contributed by atoms with Crippen LogP contribution < -0.4 is 5.32 Å². The standard InChI is InChI=1S/C12H21BrN4/c1-4-17-11(12(13)9(2)15-17)7-14-10-5-6-16(3)8-10/h10,14H,4-8H2,1-3H3. The monoisotopic (exact) mass is 300 g/mol. The molecule has 1 aliphatic rings. The number of likely N-dealkylation sites (tertiary alicyclic amines) is 1. The molecular formula is C12H21BrN4. The zero-order chi connectivity index (χ0) is 12.4. The lowest BCUT2D eigenvalue weighted by Crippen LogP contribution is -2.31. The molecule has 17 heavy (non-hydrogen) atoms. The minimum Gasteiger partial charge on any atom is -0.307 e. The van der Waals surface area contributed by atoms with Gasteiger partial charge in [-0.2, -0.15) is 5.10 Å². The quantitative estimate of drug-likeness (QED) is 0.920. The molecule has 0 spiro atoms. The summed E-state index contributed by atoms with van der Waals surface area (Å²) in [7, 11) is 2.18. The minimum absolute atomic E-state index is 0.618. The van der Waals surface area contributed by atoms with Crippen molar-refractivity contribution in [1.82, 2.24) is 20.0 Å². The molecule has 1 N–H and O–H groups in total. The van der Waals surface area contributed by atoms with Gasteiger partial charge >= 0.3 is 0 Å². The Bertz CT molecular complexity index is 388. The third-order valence-electron chi connectivity index (χ3n) is 3.40. The molecule has 2 heterocycles. The van der Waals surface area contributed by atoms with Crippen molar-refractivity contribution in [3.8, 4) is 0 Å². The molecule has 0 aliphatic carbocycles. The Morgan fingerprint density at radius 3 is 2.88 bits per heavy atom. The van der Waals surface area contributed by atoms with Crippen LogP contribution in [0.1, 0.15) is 24.7 Å². The van der Waals surface area contributed by atoms with Crippen LogP contribution in [0.5, 0.6) is 0 Å². The van der Waals surface area contributed by atoms with Gasteiger partial charge in [0, 0.05) is 25.7 Å². The Hall–Kier alpha value is -0.390. The highest BCUT2D eigenvalue weighted by atomic mass is 79.9. The van der Waals surface area contributed by atoms with Crippen LogP contribution in [0.25, 0.3) is 0 Å². The number of rotatable bonds is 4. The summed E-state index contributed by atoms with van der Waals surface area (Å²) in [6.07, 6.45) is 1.24. The smallest absolute Gasteiger partial charge is 0.0739 e. The molecule has 0 saturated carbocycles. The maximum atomic E-state index is 4.51. The average molecular weight is 301 g/mol. The van der Waals surface area contributed by atoms with Crippen LogP contribution in [0.4, 0.5) is 0 Å². The van der Waals surface area contributed by atoms with E-state index in [0.29, 0.717) is 6.04 Å². The van der Waals surface area contributed by atoms with Crippen molar-refractivity contribution in [1.29, 1.82) is 0 Å². The van der Waals surface area contributed by atoms with Crippen LogP contribution in [0, 0.1) is 6.92 Å². The Balaban J connectivity index is 1.98. The molecule has 1 aromatic heterocycles. The summed E-state index contributed by atoms with van der Waals surface area (Å²) in [5, 5.41) is 8.13. The third kappa shape index (κ3) is 2.89. The lowest BCUT2D eigenvalue weighted by atomic mass is 10.2. The second kappa shape index (κ2) is 5.50. The number of aryl methyl sites for hydroxylation is 2. The average Bonchev–Trinajstić information content (AvgIpc) is 2.83. The fourth-order valence-electron chi connectivity index (χ4n) is 2.38. The zero-order valence-electron chi connectivity index (χ0n) is 10.8. The van der Waals surface area contributed by atoms with Crippen LogP contribution in [-0.4, -0.2) is 40.9 Å². The van der Waals surface area contributed by atoms with Gasteiger partial charge in [-0.1, -0.05) is 0 Å². The van der Waals surface area contributed by atoms with E-state index in [1.54, 1.807) is 0 Å². The summed E-state index contributed by atoms with van der Waals surface area (Å²) in [6, 6.07) is 0.618. The predicted octanol–water partition coefficient (Wildman–Crippen LogP) is 1.77. The Kier molecular flexibility index (Phi) is 4.22. The molecule has 1 atom stereocenters. The first-order valence-electron chi connectivity index (χ1n) is 6.25. The van der Waals surface area contributed by atoms with E-state index in [1.165, 1.54) is 18.7 Å². The van der Waals surface area contributed by atoms with E-state index in [-0.39, 0.29) is 0 Å². The molecule has 4 nitrogen and oxygen atoms in total. The van der Waals surface area contributed by atoms with Gasteiger partial charge in [0.15, 0.2) is 0 Å². The van der Waals surface area contributed by atoms with Crippen LogP contribution in [-0.2, 0) is 13.1 Å². The van der Waals surface area contributed by atoms with Crippen LogP contribution in [0.3, 0.4) is 0 Å². The second-order valence-electron chi connectivity index (χ2n) is 4.79. The highest BCUT2D eigenvalue weighted by Crippen LogP contribution is 2.21. The van der Waals surface area contributed by atoms with Gasteiger partial charge in [0.1, 0.15) is 0 Å². The van der Waals surface area contributed by atoms with Gasteiger partial charge in [0.2, 0.25) is 0 Å². The van der Waals surface area contributed by atoms with E-state index in [2.05, 4.69) is 49.9 Å². The molecule has 1 fully saturated rings. The van der Waals surface area contributed by atoms with E-state index in [0.717, 1.165) is 29.8 Å². The normalized spacial score (nSPS) is 21.3. The Morgan fingerprint density at radius 2 is 2.29 bits per heavy atom. The lowest BCUT2D eigenvalue weighted by Gasteiger charge is -2.13. The van der Waals surface area contributed by atoms with Crippen LogP contribution in [0.2, 0.25) is 0 Å². The summed E-state index contributed by atoms with van der Waals surface area (Å²) < 4.78 is 3.23. The number of likely N-dealkylation sites (N-methyl/N-ethyl adjacent to an activating group) is 1. The molecule has 1 aromatic rings. The van der Waals surface area contributed by atoms with Gasteiger partial charge in [0.05, 0.1) is 15.9 Å². The first-order chi connectivity index (χ1) is 8.11. The minimum atomic E-state index is 0.618. The molecule has 1 saturated heterocycles. The number of hydrogen-bond acceptors (Lipinski definition) is 3. The van der Waals surface area contributed by atoms with Gasteiger partial charge in [-0.05, 0) is 49.8 Å². The highest BCUT2D eigenvalue weighted by Gasteiger charge is 2.20. The summed E-state index contributed by atoms with van der Waals surface area (Å²) in [5.41, 5.74) is 2.34. The molecule has 1 unspecified atom stereocenters. The van der Waals surface area contributed by atoms with Gasteiger partial charge in [-0.3, -0.25) is 4.68 Å². The Labute approximate surface area is 111 Å². The van der Waals surface area contributed by atoms with E-state index < -0.39 is 0 Å². The molecule has 1 aliphatic heterocycles. The van der Waals surface area contributed by atoms with Crippen molar-refractivity contribution in [3.63, 3.8) is 0 Å². The van der Waals surface area contributed by atoms with Crippen molar-refractivity contribution >= 4 is 15.9 Å². The third-order valence-corrected chi connectivity index (χ3v) is 4.43. The second-order valence-corrected chi connectivity index (χ2v) is 5.58. The summed E-state index contributed by atoms with van der Waals surface area (Å²) in [6.45, 7) is 8.35. The first kappa shape index (κ1) is 13.1. The van der Waals surface area contributed by atoms with Gasteiger partial charge in [-0.25, -0.2) is 0 Å². The fraction of sp³-hybridized carbons (Fsp3) is 0.750. The van der Waals surface area contributed by atoms with Crippen molar-refractivity contribution < 1.29 is 0 Å². The maximum absolute atomic E-state index is 4.51. The van der Waals surface area contributed by atoms with Gasteiger partial charge in [-0.15, -0.1) is 0 Å². The fourth-order valence-corrected chi connectivity index (χ4v) is 2.80. The van der Waals surface area contributed by atoms with E-state index in [4.69, 9.17) is 0 Å². The van der Waals surface area contributed by atoms with Crippen molar-refractivity contribution in [2.75, 3.05) is 20.1 Å². The van der Waals surface area contributed by atoms with Crippen molar-refractivity contribution in [3.05, 3.63) is 15.9 Å². The summed E-state index contributed by atoms with van der Waals surface area (Å²) in [4.78, 5) is 2.37. The largest absolute Gasteiger partial charge is 0.307 e. The molecule has 5 heteroatoms. The predicted molar refractivity (Wildman–Crippen MR) is 73.1 cm³/mol.